The van der Waals surface area contributed by atoms with Gasteiger partial charge in [0.2, 0.25) is 10.0 Å². The predicted octanol–water partition coefficient (Wildman–Crippen LogP) is 2.38. The minimum absolute atomic E-state index is 0.0285. The summed E-state index contributed by atoms with van der Waals surface area (Å²) in [4.78, 5) is 25.3. The molecule has 0 aliphatic heterocycles. The van der Waals surface area contributed by atoms with Crippen LogP contribution in [-0.2, 0) is 23.1 Å². The Labute approximate surface area is 175 Å². The van der Waals surface area contributed by atoms with Crippen LogP contribution in [0.1, 0.15) is 12.5 Å². The fraction of sp³-hybridized carbons (Fsp3) is 0.263. The van der Waals surface area contributed by atoms with Crippen LogP contribution in [-0.4, -0.2) is 36.0 Å². The molecule has 3 rings (SSSR count). The molecule has 0 radical (unpaired) electrons. The number of aryl methyl sites for hydroxylation is 1. The van der Waals surface area contributed by atoms with Crippen LogP contribution in [0.15, 0.2) is 55.4 Å². The number of sulfonamides is 1. The second kappa shape index (κ2) is 7.85. The SMILES string of the molecule is CCn1c(=O)c(=O)n(Cc2cc(Br)ccc2F)c2cc(S(=O)(=O)N(C)C)ccc21. The van der Waals surface area contributed by atoms with Gasteiger partial charge in [-0.15, -0.1) is 0 Å². The van der Waals surface area contributed by atoms with Crippen LogP contribution in [0.2, 0.25) is 0 Å². The maximum Gasteiger partial charge on any atom is 0.317 e. The number of rotatable bonds is 5. The number of fused-ring (bicyclic) bond motifs is 1. The third kappa shape index (κ3) is 3.79. The standard InChI is InChI=1S/C19H19BrFN3O4S/c1-4-23-16-8-6-14(29(27,28)22(2)3)10-17(16)24(19(26)18(23)25)11-12-9-13(20)5-7-15(12)21/h5-10H,4,11H2,1-3H3. The number of hydrogen-bond donors (Lipinski definition) is 0. The average molecular weight is 484 g/mol. The molecule has 3 aromatic rings. The highest BCUT2D eigenvalue weighted by molar-refractivity contribution is 9.10. The topological polar surface area (TPSA) is 81.4 Å². The van der Waals surface area contributed by atoms with E-state index in [1.807, 2.05) is 0 Å². The van der Waals surface area contributed by atoms with Gasteiger partial charge in [-0.05, 0) is 43.3 Å². The molecule has 0 saturated heterocycles. The van der Waals surface area contributed by atoms with Gasteiger partial charge in [0.25, 0.3) is 0 Å². The summed E-state index contributed by atoms with van der Waals surface area (Å²) in [5.74, 6) is -0.537. The van der Waals surface area contributed by atoms with Gasteiger partial charge in [0.15, 0.2) is 0 Å². The Hall–Kier alpha value is -2.30. The average Bonchev–Trinajstić information content (AvgIpc) is 2.68. The molecule has 154 valence electrons. The van der Waals surface area contributed by atoms with Crippen molar-refractivity contribution in [1.82, 2.24) is 13.4 Å². The predicted molar refractivity (Wildman–Crippen MR) is 112 cm³/mol. The summed E-state index contributed by atoms with van der Waals surface area (Å²) in [6, 6.07) is 8.51. The highest BCUT2D eigenvalue weighted by Crippen LogP contribution is 2.22. The lowest BCUT2D eigenvalue weighted by Crippen LogP contribution is -2.41. The summed E-state index contributed by atoms with van der Waals surface area (Å²) in [6.45, 7) is 1.73. The van der Waals surface area contributed by atoms with Crippen molar-refractivity contribution in [3.05, 3.63) is 73.0 Å². The number of hydrogen-bond acceptors (Lipinski definition) is 4. The molecule has 1 heterocycles. The number of nitrogens with zero attached hydrogens (tertiary/aromatic N) is 3. The Morgan fingerprint density at radius 1 is 1.00 bits per heavy atom. The van der Waals surface area contributed by atoms with Gasteiger partial charge in [0, 0.05) is 30.7 Å². The van der Waals surface area contributed by atoms with Gasteiger partial charge in [0.05, 0.1) is 22.5 Å². The molecule has 0 unspecified atom stereocenters. The van der Waals surface area contributed by atoms with Gasteiger partial charge >= 0.3 is 11.1 Å². The zero-order chi connectivity index (χ0) is 21.5. The zero-order valence-corrected chi connectivity index (χ0v) is 18.4. The molecule has 29 heavy (non-hydrogen) atoms. The normalized spacial score (nSPS) is 12.1. The van der Waals surface area contributed by atoms with Crippen LogP contribution in [0.5, 0.6) is 0 Å². The summed E-state index contributed by atoms with van der Waals surface area (Å²) < 4.78 is 43.5. The number of aromatic nitrogens is 2. The second-order valence-electron chi connectivity index (χ2n) is 6.61. The third-order valence-electron chi connectivity index (χ3n) is 4.63. The van der Waals surface area contributed by atoms with Gasteiger partial charge in [-0.3, -0.25) is 14.2 Å². The van der Waals surface area contributed by atoms with E-state index in [1.54, 1.807) is 6.92 Å². The van der Waals surface area contributed by atoms with Crippen molar-refractivity contribution >= 4 is 37.0 Å². The van der Waals surface area contributed by atoms with Gasteiger partial charge in [-0.25, -0.2) is 17.1 Å². The van der Waals surface area contributed by atoms with Gasteiger partial charge < -0.3 is 4.57 Å². The van der Waals surface area contributed by atoms with E-state index in [0.29, 0.717) is 9.99 Å². The molecule has 0 aliphatic rings. The molecule has 0 atom stereocenters. The summed E-state index contributed by atoms with van der Waals surface area (Å²) >= 11 is 3.26. The lowest BCUT2D eigenvalue weighted by atomic mass is 10.2. The van der Waals surface area contributed by atoms with Crippen molar-refractivity contribution in [3.63, 3.8) is 0 Å². The lowest BCUT2D eigenvalue weighted by Gasteiger charge is -2.17. The Bertz CT molecular complexity index is 1330. The fourth-order valence-corrected chi connectivity index (χ4v) is 4.41. The Balaban J connectivity index is 2.38. The monoisotopic (exact) mass is 483 g/mol. The Morgan fingerprint density at radius 2 is 1.66 bits per heavy atom. The summed E-state index contributed by atoms with van der Waals surface area (Å²) in [5.41, 5.74) is -0.780. The maximum absolute atomic E-state index is 14.3. The first-order chi connectivity index (χ1) is 13.6. The number of halogens is 2. The van der Waals surface area contributed by atoms with Gasteiger partial charge in [-0.1, -0.05) is 15.9 Å². The zero-order valence-electron chi connectivity index (χ0n) is 16.0. The molecule has 0 amide bonds. The first-order valence-electron chi connectivity index (χ1n) is 8.71. The van der Waals surface area contributed by atoms with Crippen molar-refractivity contribution in [3.8, 4) is 0 Å². The minimum Gasteiger partial charge on any atom is -0.302 e. The van der Waals surface area contributed by atoms with E-state index in [0.717, 1.165) is 8.87 Å². The molecule has 0 saturated carbocycles. The molecule has 10 heteroatoms. The van der Waals surface area contributed by atoms with Gasteiger partial charge in [-0.2, -0.15) is 0 Å². The summed E-state index contributed by atoms with van der Waals surface area (Å²) in [7, 11) is -0.968. The second-order valence-corrected chi connectivity index (χ2v) is 9.68. The van der Waals surface area contributed by atoms with Gasteiger partial charge in [0.1, 0.15) is 5.82 Å². The van der Waals surface area contributed by atoms with Crippen molar-refractivity contribution in [2.45, 2.75) is 24.9 Å². The molecule has 2 aromatic carbocycles. The van der Waals surface area contributed by atoms with Crippen LogP contribution >= 0.6 is 15.9 Å². The van der Waals surface area contributed by atoms with E-state index in [1.165, 1.54) is 55.1 Å². The molecule has 0 fully saturated rings. The highest BCUT2D eigenvalue weighted by atomic mass is 79.9. The molecular formula is C19H19BrFN3O4S. The van der Waals surface area contributed by atoms with Crippen LogP contribution in [0.4, 0.5) is 4.39 Å². The Morgan fingerprint density at radius 3 is 2.28 bits per heavy atom. The minimum atomic E-state index is -3.77. The van der Waals surface area contributed by atoms with Crippen LogP contribution in [0.25, 0.3) is 11.0 Å². The van der Waals surface area contributed by atoms with E-state index in [-0.39, 0.29) is 29.1 Å². The quantitative estimate of drug-likeness (QED) is 0.521. The molecule has 0 aliphatic carbocycles. The molecule has 0 bridgehead atoms. The van der Waals surface area contributed by atoms with Crippen molar-refractivity contribution in [1.29, 1.82) is 0 Å². The molecule has 7 nitrogen and oxygen atoms in total. The largest absolute Gasteiger partial charge is 0.317 e. The van der Waals surface area contributed by atoms with Crippen LogP contribution in [0, 0.1) is 5.82 Å². The van der Waals surface area contributed by atoms with E-state index in [9.17, 15) is 22.4 Å². The first-order valence-corrected chi connectivity index (χ1v) is 10.9. The first kappa shape index (κ1) is 21.4. The summed E-state index contributed by atoms with van der Waals surface area (Å²) in [5, 5.41) is 0. The van der Waals surface area contributed by atoms with Crippen LogP contribution in [0.3, 0.4) is 0 Å². The fourth-order valence-electron chi connectivity index (χ4n) is 3.07. The van der Waals surface area contributed by atoms with E-state index in [4.69, 9.17) is 0 Å². The van der Waals surface area contributed by atoms with Crippen molar-refractivity contribution in [2.24, 2.45) is 0 Å². The van der Waals surface area contributed by atoms with E-state index >= 15 is 0 Å². The Kier molecular flexibility index (Phi) is 5.79. The van der Waals surface area contributed by atoms with E-state index < -0.39 is 27.0 Å². The summed E-state index contributed by atoms with van der Waals surface area (Å²) in [6.07, 6.45) is 0. The van der Waals surface area contributed by atoms with Crippen molar-refractivity contribution in [2.75, 3.05) is 14.1 Å². The number of benzene rings is 2. The third-order valence-corrected chi connectivity index (χ3v) is 6.94. The molecule has 1 aromatic heterocycles. The maximum atomic E-state index is 14.3. The van der Waals surface area contributed by atoms with Crippen molar-refractivity contribution < 1.29 is 12.8 Å². The molecule has 0 spiro atoms. The van der Waals surface area contributed by atoms with Crippen LogP contribution < -0.4 is 11.1 Å². The smallest absolute Gasteiger partial charge is 0.302 e. The highest BCUT2D eigenvalue weighted by Gasteiger charge is 2.21. The molecular weight excluding hydrogens is 465 g/mol. The van der Waals surface area contributed by atoms with E-state index in [2.05, 4.69) is 15.9 Å². The molecule has 0 N–H and O–H groups in total. The lowest BCUT2D eigenvalue weighted by molar-refractivity contribution is 0.520.